The zero-order valence-electron chi connectivity index (χ0n) is 11.3. The second-order valence-corrected chi connectivity index (χ2v) is 5.41. The van der Waals surface area contributed by atoms with Crippen LogP contribution in [0.5, 0.6) is 0 Å². The fraction of sp³-hybridized carbons (Fsp3) is 1.00. The average molecular weight is 226 g/mol. The molecule has 2 atom stereocenters. The summed E-state index contributed by atoms with van der Waals surface area (Å²) in [5.41, 5.74) is 5.63. The highest BCUT2D eigenvalue weighted by Crippen LogP contribution is 2.22. The van der Waals surface area contributed by atoms with E-state index >= 15 is 0 Å². The average Bonchev–Trinajstić information content (AvgIpc) is 2.72. The lowest BCUT2D eigenvalue weighted by molar-refractivity contribution is 0.251. The first-order chi connectivity index (χ1) is 7.80. The van der Waals surface area contributed by atoms with Crippen molar-refractivity contribution in [3.05, 3.63) is 0 Å². The van der Waals surface area contributed by atoms with E-state index in [1.807, 2.05) is 0 Å². The number of nitrogens with two attached hydrogens (primary N) is 1. The van der Waals surface area contributed by atoms with Gasteiger partial charge in [0.2, 0.25) is 0 Å². The minimum Gasteiger partial charge on any atom is -0.330 e. The minimum absolute atomic E-state index is 0.867. The van der Waals surface area contributed by atoms with Gasteiger partial charge >= 0.3 is 0 Å². The summed E-state index contributed by atoms with van der Waals surface area (Å²) in [6.45, 7) is 9.45. The summed E-state index contributed by atoms with van der Waals surface area (Å²) in [7, 11) is 0. The Morgan fingerprint density at radius 1 is 1.38 bits per heavy atom. The maximum atomic E-state index is 5.63. The molecule has 0 bridgehead atoms. The molecule has 2 heteroatoms. The van der Waals surface area contributed by atoms with Gasteiger partial charge in [-0.2, -0.15) is 0 Å². The first-order valence-electron chi connectivity index (χ1n) is 7.22. The van der Waals surface area contributed by atoms with Gasteiger partial charge < -0.3 is 10.6 Å². The lowest BCUT2D eigenvalue weighted by Gasteiger charge is -2.22. The Morgan fingerprint density at radius 2 is 2.19 bits per heavy atom. The van der Waals surface area contributed by atoms with Crippen LogP contribution in [-0.2, 0) is 0 Å². The van der Waals surface area contributed by atoms with Crippen molar-refractivity contribution in [3.8, 4) is 0 Å². The van der Waals surface area contributed by atoms with Gasteiger partial charge in [-0.1, -0.05) is 33.1 Å². The molecule has 0 spiro atoms. The van der Waals surface area contributed by atoms with Gasteiger partial charge in [0.15, 0.2) is 0 Å². The van der Waals surface area contributed by atoms with Gasteiger partial charge in [-0.25, -0.2) is 0 Å². The summed E-state index contributed by atoms with van der Waals surface area (Å²) in [5.74, 6) is 1.81. The molecule has 0 aromatic rings. The first-order valence-corrected chi connectivity index (χ1v) is 7.22. The molecule has 0 aliphatic carbocycles. The predicted molar refractivity (Wildman–Crippen MR) is 71.5 cm³/mol. The van der Waals surface area contributed by atoms with Crippen LogP contribution in [0.2, 0.25) is 0 Å². The van der Waals surface area contributed by atoms with Crippen LogP contribution in [0.1, 0.15) is 52.4 Å². The van der Waals surface area contributed by atoms with E-state index in [9.17, 15) is 0 Å². The molecule has 0 radical (unpaired) electrons. The van der Waals surface area contributed by atoms with Gasteiger partial charge in [0.25, 0.3) is 0 Å². The molecule has 1 heterocycles. The molecule has 1 aliphatic heterocycles. The van der Waals surface area contributed by atoms with E-state index in [0.29, 0.717) is 0 Å². The largest absolute Gasteiger partial charge is 0.330 e. The van der Waals surface area contributed by atoms with E-state index in [-0.39, 0.29) is 0 Å². The monoisotopic (exact) mass is 226 g/mol. The third-order valence-electron chi connectivity index (χ3n) is 4.00. The predicted octanol–water partition coefficient (Wildman–Crippen LogP) is 2.87. The summed E-state index contributed by atoms with van der Waals surface area (Å²) in [6.07, 6.45) is 8.11. The second kappa shape index (κ2) is 8.08. The lowest BCUT2D eigenvalue weighted by atomic mass is 9.99. The molecular weight excluding hydrogens is 196 g/mol. The Hall–Kier alpha value is -0.0800. The third-order valence-corrected chi connectivity index (χ3v) is 4.00. The summed E-state index contributed by atoms with van der Waals surface area (Å²) in [5, 5.41) is 0. The third kappa shape index (κ3) is 4.84. The van der Waals surface area contributed by atoms with E-state index in [2.05, 4.69) is 18.7 Å². The molecule has 96 valence electrons. The fourth-order valence-corrected chi connectivity index (χ4v) is 2.83. The van der Waals surface area contributed by atoms with Crippen LogP contribution in [0.15, 0.2) is 0 Å². The van der Waals surface area contributed by atoms with Crippen molar-refractivity contribution in [3.63, 3.8) is 0 Å². The van der Waals surface area contributed by atoms with E-state index < -0.39 is 0 Å². The summed E-state index contributed by atoms with van der Waals surface area (Å²) < 4.78 is 0. The van der Waals surface area contributed by atoms with Crippen LogP contribution < -0.4 is 5.73 Å². The standard InChI is InChI=1S/C14H30N2/c1-3-5-6-13(4-2)11-16-10-8-14(12-16)7-9-15/h13-14H,3-12,15H2,1-2H3. The Bertz CT molecular complexity index is 170. The van der Waals surface area contributed by atoms with Crippen LogP contribution >= 0.6 is 0 Å². The molecule has 1 aliphatic rings. The van der Waals surface area contributed by atoms with Gasteiger partial charge in [0.05, 0.1) is 0 Å². The van der Waals surface area contributed by atoms with E-state index in [4.69, 9.17) is 5.73 Å². The Balaban J connectivity index is 2.20. The van der Waals surface area contributed by atoms with E-state index in [0.717, 1.165) is 18.4 Å². The maximum Gasteiger partial charge on any atom is 0.00107 e. The first kappa shape index (κ1) is 14.0. The van der Waals surface area contributed by atoms with Crippen LogP contribution in [0.3, 0.4) is 0 Å². The molecule has 1 saturated heterocycles. The normalized spacial score (nSPS) is 23.8. The van der Waals surface area contributed by atoms with Crippen molar-refractivity contribution in [2.24, 2.45) is 17.6 Å². The number of nitrogens with zero attached hydrogens (tertiary/aromatic N) is 1. The summed E-state index contributed by atoms with van der Waals surface area (Å²) in [6, 6.07) is 0. The Kier molecular flexibility index (Phi) is 7.06. The second-order valence-electron chi connectivity index (χ2n) is 5.41. The highest BCUT2D eigenvalue weighted by atomic mass is 15.1. The van der Waals surface area contributed by atoms with Crippen molar-refractivity contribution in [1.29, 1.82) is 0 Å². The zero-order valence-corrected chi connectivity index (χ0v) is 11.3. The number of unbranched alkanes of at least 4 members (excludes halogenated alkanes) is 1. The van der Waals surface area contributed by atoms with Crippen LogP contribution in [0.4, 0.5) is 0 Å². The SMILES string of the molecule is CCCCC(CC)CN1CCC(CCN)C1. The van der Waals surface area contributed by atoms with Crippen LogP contribution in [0, 0.1) is 11.8 Å². The molecule has 2 N–H and O–H groups in total. The molecule has 0 aromatic carbocycles. The topological polar surface area (TPSA) is 29.3 Å². The molecule has 1 rings (SSSR count). The zero-order chi connectivity index (χ0) is 11.8. The Morgan fingerprint density at radius 3 is 2.81 bits per heavy atom. The molecule has 0 amide bonds. The lowest BCUT2D eigenvalue weighted by Crippen LogP contribution is -2.27. The molecular formula is C14H30N2. The molecule has 2 nitrogen and oxygen atoms in total. The van der Waals surface area contributed by atoms with Crippen molar-refractivity contribution in [2.45, 2.75) is 52.4 Å². The number of hydrogen-bond acceptors (Lipinski definition) is 2. The van der Waals surface area contributed by atoms with Gasteiger partial charge in [0.1, 0.15) is 0 Å². The van der Waals surface area contributed by atoms with Gasteiger partial charge in [-0.3, -0.25) is 0 Å². The van der Waals surface area contributed by atoms with Gasteiger partial charge in [-0.05, 0) is 44.2 Å². The summed E-state index contributed by atoms with van der Waals surface area (Å²) >= 11 is 0. The highest BCUT2D eigenvalue weighted by Gasteiger charge is 2.23. The minimum atomic E-state index is 0.867. The number of rotatable bonds is 8. The van der Waals surface area contributed by atoms with Crippen LogP contribution in [0.25, 0.3) is 0 Å². The van der Waals surface area contributed by atoms with Crippen molar-refractivity contribution in [2.75, 3.05) is 26.2 Å². The fourth-order valence-electron chi connectivity index (χ4n) is 2.83. The van der Waals surface area contributed by atoms with Crippen LogP contribution in [-0.4, -0.2) is 31.1 Å². The quantitative estimate of drug-likeness (QED) is 0.689. The molecule has 16 heavy (non-hydrogen) atoms. The summed E-state index contributed by atoms with van der Waals surface area (Å²) in [4.78, 5) is 2.67. The van der Waals surface area contributed by atoms with Crippen molar-refractivity contribution >= 4 is 0 Å². The molecule has 0 saturated carbocycles. The van der Waals surface area contributed by atoms with Gasteiger partial charge in [-0.15, -0.1) is 0 Å². The Labute approximate surface area is 102 Å². The van der Waals surface area contributed by atoms with E-state index in [1.54, 1.807) is 0 Å². The van der Waals surface area contributed by atoms with E-state index in [1.165, 1.54) is 58.2 Å². The molecule has 2 unspecified atom stereocenters. The van der Waals surface area contributed by atoms with Crippen molar-refractivity contribution < 1.29 is 0 Å². The smallest absolute Gasteiger partial charge is 0.00107 e. The molecule has 1 fully saturated rings. The van der Waals surface area contributed by atoms with Gasteiger partial charge in [0, 0.05) is 13.1 Å². The van der Waals surface area contributed by atoms with Crippen molar-refractivity contribution in [1.82, 2.24) is 4.90 Å². The molecule has 0 aromatic heterocycles. The maximum absolute atomic E-state index is 5.63. The number of likely N-dealkylation sites (tertiary alicyclic amines) is 1. The highest BCUT2D eigenvalue weighted by molar-refractivity contribution is 4.77. The number of hydrogen-bond donors (Lipinski definition) is 1.